The summed E-state index contributed by atoms with van der Waals surface area (Å²) in [6.07, 6.45) is 1.82. The molecule has 0 aliphatic carbocycles. The van der Waals surface area contributed by atoms with Crippen LogP contribution in [0.5, 0.6) is 0 Å². The molecule has 0 saturated heterocycles. The molecule has 0 fully saturated rings. The van der Waals surface area contributed by atoms with Crippen LogP contribution in [0.15, 0.2) is 12.3 Å². The highest BCUT2D eigenvalue weighted by Gasteiger charge is 2.09. The minimum Gasteiger partial charge on any atom is -0.380 e. The summed E-state index contributed by atoms with van der Waals surface area (Å²) in [5, 5.41) is 0. The maximum atomic E-state index is 5.75. The number of hydrogen-bond acceptors (Lipinski definition) is 4. The highest BCUT2D eigenvalue weighted by Crippen LogP contribution is 2.18. The molecule has 90 valence electrons. The molecule has 0 amide bonds. The molecule has 2 N–H and O–H groups in total. The largest absolute Gasteiger partial charge is 0.380 e. The number of likely N-dealkylation sites (N-methyl/N-ethyl adjacent to an activating group) is 1. The van der Waals surface area contributed by atoms with Crippen molar-refractivity contribution in [1.29, 1.82) is 0 Å². The predicted octanol–water partition coefficient (Wildman–Crippen LogP) is 1.32. The van der Waals surface area contributed by atoms with E-state index in [1.54, 1.807) is 0 Å². The third kappa shape index (κ3) is 3.18. The second-order valence-electron chi connectivity index (χ2n) is 3.75. The van der Waals surface area contributed by atoms with E-state index in [1.807, 2.05) is 26.2 Å². The quantitative estimate of drug-likeness (QED) is 0.739. The van der Waals surface area contributed by atoms with Crippen LogP contribution >= 0.6 is 0 Å². The molecule has 4 nitrogen and oxygen atoms in total. The number of ether oxygens (including phenoxy) is 1. The first kappa shape index (κ1) is 12.9. The van der Waals surface area contributed by atoms with Gasteiger partial charge in [0.25, 0.3) is 0 Å². The molecule has 1 heterocycles. The van der Waals surface area contributed by atoms with Crippen molar-refractivity contribution in [3.8, 4) is 0 Å². The second-order valence-corrected chi connectivity index (χ2v) is 3.75. The summed E-state index contributed by atoms with van der Waals surface area (Å²) in [5.41, 5.74) is 8.05. The molecule has 0 aliphatic rings. The average molecular weight is 223 g/mol. The van der Waals surface area contributed by atoms with Gasteiger partial charge >= 0.3 is 0 Å². The van der Waals surface area contributed by atoms with Crippen molar-refractivity contribution >= 4 is 5.82 Å². The third-order valence-corrected chi connectivity index (χ3v) is 2.61. The van der Waals surface area contributed by atoms with Gasteiger partial charge in [-0.3, -0.25) is 0 Å². The Morgan fingerprint density at radius 2 is 2.25 bits per heavy atom. The minimum atomic E-state index is 0.522. The molecule has 4 heteroatoms. The van der Waals surface area contributed by atoms with Gasteiger partial charge in [0.15, 0.2) is 0 Å². The van der Waals surface area contributed by atoms with Gasteiger partial charge in [0, 0.05) is 38.5 Å². The first-order valence-corrected chi connectivity index (χ1v) is 5.64. The number of nitrogens with two attached hydrogens (primary N) is 1. The van der Waals surface area contributed by atoms with Crippen LogP contribution in [0, 0.1) is 6.92 Å². The lowest BCUT2D eigenvalue weighted by Crippen LogP contribution is -2.25. The zero-order chi connectivity index (χ0) is 12.0. The molecule has 0 aromatic carbocycles. The topological polar surface area (TPSA) is 51.4 Å². The monoisotopic (exact) mass is 223 g/mol. The molecule has 16 heavy (non-hydrogen) atoms. The molecule has 1 aromatic heterocycles. The number of aryl methyl sites for hydroxylation is 1. The Bertz CT molecular complexity index is 328. The zero-order valence-corrected chi connectivity index (χ0v) is 10.4. The van der Waals surface area contributed by atoms with Crippen LogP contribution in [-0.4, -0.2) is 31.8 Å². The summed E-state index contributed by atoms with van der Waals surface area (Å²) in [6.45, 7) is 6.87. The van der Waals surface area contributed by atoms with E-state index in [1.165, 1.54) is 5.56 Å². The van der Waals surface area contributed by atoms with Gasteiger partial charge in [-0.05, 0) is 25.5 Å². The van der Waals surface area contributed by atoms with Crippen molar-refractivity contribution in [2.45, 2.75) is 20.4 Å². The van der Waals surface area contributed by atoms with Crippen LogP contribution < -0.4 is 10.6 Å². The van der Waals surface area contributed by atoms with E-state index >= 15 is 0 Å². The molecule has 1 aromatic rings. The lowest BCUT2D eigenvalue weighted by atomic mass is 10.1. The molecule has 0 atom stereocenters. The van der Waals surface area contributed by atoms with Gasteiger partial charge in [-0.25, -0.2) is 4.98 Å². The minimum absolute atomic E-state index is 0.522. The number of pyridine rings is 1. The molecule has 0 radical (unpaired) electrons. The molecule has 0 bridgehead atoms. The van der Waals surface area contributed by atoms with Gasteiger partial charge < -0.3 is 15.4 Å². The maximum absolute atomic E-state index is 5.75. The van der Waals surface area contributed by atoms with Gasteiger partial charge in [0.1, 0.15) is 5.82 Å². The van der Waals surface area contributed by atoms with Crippen LogP contribution in [0.3, 0.4) is 0 Å². The maximum Gasteiger partial charge on any atom is 0.133 e. The summed E-state index contributed by atoms with van der Waals surface area (Å²) < 4.78 is 5.33. The highest BCUT2D eigenvalue weighted by molar-refractivity contribution is 5.49. The van der Waals surface area contributed by atoms with Crippen LogP contribution in [0.25, 0.3) is 0 Å². The van der Waals surface area contributed by atoms with E-state index in [2.05, 4.69) is 16.8 Å². The van der Waals surface area contributed by atoms with Crippen molar-refractivity contribution in [1.82, 2.24) is 4.98 Å². The number of rotatable bonds is 6. The van der Waals surface area contributed by atoms with Crippen molar-refractivity contribution in [2.75, 3.05) is 31.7 Å². The summed E-state index contributed by atoms with van der Waals surface area (Å²) in [7, 11) is 2.01. The standard InChI is InChI=1S/C12H21N3O/c1-4-16-8-7-15(3)12-11(9-13)10(2)5-6-14-12/h5-6H,4,7-9,13H2,1-3H3. The van der Waals surface area contributed by atoms with Crippen molar-refractivity contribution in [3.63, 3.8) is 0 Å². The van der Waals surface area contributed by atoms with E-state index in [-0.39, 0.29) is 0 Å². The summed E-state index contributed by atoms with van der Waals surface area (Å²) >= 11 is 0. The van der Waals surface area contributed by atoms with Gasteiger partial charge in [-0.2, -0.15) is 0 Å². The lowest BCUT2D eigenvalue weighted by Gasteiger charge is -2.21. The Balaban J connectivity index is 2.74. The molecule has 0 saturated carbocycles. The molecular weight excluding hydrogens is 202 g/mol. The van der Waals surface area contributed by atoms with E-state index in [0.717, 1.165) is 24.5 Å². The Labute approximate surface area is 97.4 Å². The SMILES string of the molecule is CCOCCN(C)c1nccc(C)c1CN. The molecular formula is C12H21N3O. The lowest BCUT2D eigenvalue weighted by molar-refractivity contribution is 0.154. The fourth-order valence-corrected chi connectivity index (χ4v) is 1.61. The van der Waals surface area contributed by atoms with Crippen LogP contribution in [0.2, 0.25) is 0 Å². The van der Waals surface area contributed by atoms with Crippen molar-refractivity contribution in [2.24, 2.45) is 5.73 Å². The van der Waals surface area contributed by atoms with E-state index in [4.69, 9.17) is 10.5 Å². The third-order valence-electron chi connectivity index (χ3n) is 2.61. The smallest absolute Gasteiger partial charge is 0.133 e. The normalized spacial score (nSPS) is 10.5. The summed E-state index contributed by atoms with van der Waals surface area (Å²) in [4.78, 5) is 6.47. The Morgan fingerprint density at radius 3 is 2.88 bits per heavy atom. The summed E-state index contributed by atoms with van der Waals surface area (Å²) in [6, 6.07) is 1.99. The van der Waals surface area contributed by atoms with Crippen LogP contribution in [0.4, 0.5) is 5.82 Å². The number of aromatic nitrogens is 1. The Kier molecular flexibility index (Phi) is 5.22. The molecule has 0 aliphatic heterocycles. The average Bonchev–Trinajstić information content (AvgIpc) is 2.29. The fourth-order valence-electron chi connectivity index (χ4n) is 1.61. The second kappa shape index (κ2) is 6.45. The highest BCUT2D eigenvalue weighted by atomic mass is 16.5. The zero-order valence-electron chi connectivity index (χ0n) is 10.4. The van der Waals surface area contributed by atoms with Crippen LogP contribution in [-0.2, 0) is 11.3 Å². The first-order valence-electron chi connectivity index (χ1n) is 5.64. The van der Waals surface area contributed by atoms with Crippen molar-refractivity contribution in [3.05, 3.63) is 23.4 Å². The van der Waals surface area contributed by atoms with E-state index in [0.29, 0.717) is 13.2 Å². The first-order chi connectivity index (χ1) is 7.70. The molecule has 1 rings (SSSR count). The predicted molar refractivity (Wildman–Crippen MR) is 66.6 cm³/mol. The van der Waals surface area contributed by atoms with Crippen LogP contribution in [0.1, 0.15) is 18.1 Å². The Hall–Kier alpha value is -1.13. The Morgan fingerprint density at radius 1 is 1.50 bits per heavy atom. The van der Waals surface area contributed by atoms with E-state index < -0.39 is 0 Å². The molecule has 0 unspecified atom stereocenters. The molecule has 0 spiro atoms. The summed E-state index contributed by atoms with van der Waals surface area (Å²) in [5.74, 6) is 0.960. The van der Waals surface area contributed by atoms with Gasteiger partial charge in [0.05, 0.1) is 6.61 Å². The van der Waals surface area contributed by atoms with Gasteiger partial charge in [-0.15, -0.1) is 0 Å². The number of hydrogen-bond donors (Lipinski definition) is 1. The number of nitrogens with zero attached hydrogens (tertiary/aromatic N) is 2. The van der Waals surface area contributed by atoms with Gasteiger partial charge in [0.2, 0.25) is 0 Å². The van der Waals surface area contributed by atoms with E-state index in [9.17, 15) is 0 Å². The fraction of sp³-hybridized carbons (Fsp3) is 0.583. The van der Waals surface area contributed by atoms with Crippen molar-refractivity contribution < 1.29 is 4.74 Å². The number of anilines is 1. The van der Waals surface area contributed by atoms with Gasteiger partial charge in [-0.1, -0.05) is 0 Å².